The van der Waals surface area contributed by atoms with E-state index in [0.29, 0.717) is 83.5 Å². The quantitative estimate of drug-likeness (QED) is 0.0422. The van der Waals surface area contributed by atoms with Crippen LogP contribution in [0.4, 0.5) is 24.0 Å². The van der Waals surface area contributed by atoms with Crippen molar-refractivity contribution in [2.24, 2.45) is 45.3 Å². The van der Waals surface area contributed by atoms with E-state index in [9.17, 15) is 52.2 Å². The number of carbonyl (C=O) groups is 10. The molecule has 3 N–H and O–H groups in total. The van der Waals surface area contributed by atoms with Crippen molar-refractivity contribution in [2.75, 3.05) is 119 Å². The molecule has 13 rings (SSSR count). The van der Waals surface area contributed by atoms with Gasteiger partial charge in [0.25, 0.3) is 0 Å². The van der Waals surface area contributed by atoms with Crippen molar-refractivity contribution >= 4 is 129 Å². The Hall–Kier alpha value is -6.71. The van der Waals surface area contributed by atoms with Gasteiger partial charge in [-0.2, -0.15) is 0 Å². The Bertz CT molecular complexity index is 4110. The van der Waals surface area contributed by atoms with E-state index < -0.39 is 41.5 Å². The van der Waals surface area contributed by atoms with Crippen LogP contribution >= 0.6 is 40.5 Å². The minimum atomic E-state index is -2.23. The summed E-state index contributed by atoms with van der Waals surface area (Å²) in [6, 6.07) is 30.6. The van der Waals surface area contributed by atoms with Gasteiger partial charge in [-0.05, 0) is 282 Å². The molecule has 4 atom stereocenters. The van der Waals surface area contributed by atoms with Crippen LogP contribution in [0.3, 0.4) is 0 Å². The zero-order valence-corrected chi connectivity index (χ0v) is 85.1. The van der Waals surface area contributed by atoms with Crippen molar-refractivity contribution in [1.29, 1.82) is 0 Å². The molecule has 5 amide bonds. The Morgan fingerprint density at radius 3 is 0.945 bits per heavy atom. The molecule has 4 saturated carbocycles. The van der Waals surface area contributed by atoms with Gasteiger partial charge in [-0.25, -0.2) is 33.6 Å². The van der Waals surface area contributed by atoms with Gasteiger partial charge in [0, 0.05) is 111 Å². The second-order valence-electron chi connectivity index (χ2n) is 40.6. The van der Waals surface area contributed by atoms with E-state index in [2.05, 4.69) is 60.3 Å². The number of likely N-dealkylation sites (tertiary alicyclic amines) is 5. The van der Waals surface area contributed by atoms with Gasteiger partial charge in [-0.15, -0.1) is 12.4 Å². The maximum absolute atomic E-state index is 12.3. The third-order valence-electron chi connectivity index (χ3n) is 23.7. The predicted molar refractivity (Wildman–Crippen MR) is 508 cm³/mol. The number of hydrogen-bond acceptors (Lipinski definition) is 21. The van der Waals surface area contributed by atoms with Crippen LogP contribution in [-0.4, -0.2) is 252 Å². The van der Waals surface area contributed by atoms with E-state index >= 15 is 0 Å². The molecule has 4 aliphatic carbocycles. The van der Waals surface area contributed by atoms with Crippen molar-refractivity contribution in [3.8, 4) is 0 Å². The summed E-state index contributed by atoms with van der Waals surface area (Å²) in [4.78, 5) is 124. The topological polar surface area (TPSA) is 340 Å². The van der Waals surface area contributed by atoms with E-state index in [4.69, 9.17) is 38.3 Å². The number of piperidine rings is 6. The van der Waals surface area contributed by atoms with E-state index in [-0.39, 0.29) is 119 Å². The second-order valence-corrected chi connectivity index (χ2v) is 57.4. The number of ether oxygens (including phenoxy) is 8. The number of nitrogens with zero attached hydrogens (tertiary/aromatic N) is 5. The first-order chi connectivity index (χ1) is 57.4. The Balaban J connectivity index is 0.000000381. The second kappa shape index (κ2) is 48.1. The molecule has 3 aromatic rings. The Kier molecular flexibility index (Phi) is 43.3. The van der Waals surface area contributed by atoms with E-state index in [1.165, 1.54) is 66.2 Å². The van der Waals surface area contributed by atoms with E-state index in [1.54, 1.807) is 44.2 Å². The monoisotopic (exact) mass is 1940 g/mol. The van der Waals surface area contributed by atoms with Crippen LogP contribution in [0.1, 0.15) is 220 Å². The molecular weight excluding hydrogens is 1790 g/mol. The van der Waals surface area contributed by atoms with Gasteiger partial charge in [-0.1, -0.05) is 117 Å². The van der Waals surface area contributed by atoms with Gasteiger partial charge >= 0.3 is 73.2 Å². The fourth-order valence-electron chi connectivity index (χ4n) is 16.2. The molecule has 10 fully saturated rings. The Morgan fingerprint density at radius 2 is 0.693 bits per heavy atom. The average molecular weight is 1940 g/mol. The van der Waals surface area contributed by atoms with Crippen LogP contribution in [-0.2, 0) is 68.1 Å². The summed E-state index contributed by atoms with van der Waals surface area (Å²) >= 11 is 1.96. The van der Waals surface area contributed by atoms with Crippen LogP contribution in [0.5, 0.6) is 0 Å². The van der Waals surface area contributed by atoms with E-state index in [1.807, 2.05) is 185 Å². The van der Waals surface area contributed by atoms with Crippen LogP contribution in [0.2, 0.25) is 0 Å². The van der Waals surface area contributed by atoms with Crippen molar-refractivity contribution in [3.63, 3.8) is 0 Å². The minimum absolute atomic E-state index is 0. The molecule has 6 aliphatic heterocycles. The standard InChI is InChI=1S/C21H19O2P.C14H23NO4.2C13H21NO4.C13H23NO2.C10H17NO3.C8H15N.C3H9IOS.ClH.Li.H2O/c1-23-21(22)17-24(18-11-5-2-6-12-18,19-13-7-3-8-14-19)20-15-9-4-10-16-20;1-13(2,3)19-12(17)15-7-5-14(6-8-15)9-10(14)11(16)18-4;1-12(2,3)18-11(17)14-6-4-13(5-7-14)8-9(13)10(15)16;1-13(2,3)18-12(16)14-7-5-10(6-8-14)9-11(15)17-4;1-10-9-13(10)5-7-14(8-6-13)11(15)16-12(2,3)4;1-10(2,3)14-9(13)11-6-4-8(12)5-7-11;1-7-6-8(7)2-4-9-5-3-8;1-6(2,3,4)5;;;/h2-17H,1H3;10H,5-9H2,1-4H3;9H,4-8H2,1-3H3,(H,15,16);9H,5-8H2,1-4H3;10H,5-9H2,1-4H3;4-7H2,1-3H3;7,9H,2-6H2,1H3;1-3H3;1H;;1H2/q;;;;;;;;;+1;/p-1. The van der Waals surface area contributed by atoms with Crippen molar-refractivity contribution in [3.05, 3.63) is 103 Å². The number of ketones is 1. The number of carboxylic acid groups (broad SMARTS) is 1. The third kappa shape index (κ3) is 38.9. The summed E-state index contributed by atoms with van der Waals surface area (Å²) in [5.41, 5.74) is 0.230. The van der Waals surface area contributed by atoms with Gasteiger partial charge in [-0.3, -0.25) is 18.6 Å². The number of Topliss-reactive ketones (excluding diaryl/α,β-unsaturated/α-hetero) is 1. The molecule has 27 nitrogen and oxygen atoms in total. The van der Waals surface area contributed by atoms with Crippen LogP contribution in [0.25, 0.3) is 0 Å². The molecule has 712 valence electrons. The molecule has 4 unspecified atom stereocenters. The van der Waals surface area contributed by atoms with Gasteiger partial charge in [0.1, 0.15) is 33.8 Å². The van der Waals surface area contributed by atoms with Crippen molar-refractivity contribution in [1.82, 2.24) is 29.8 Å². The molecule has 32 heteroatoms. The SMILES string of the molecule is CC(C)(C)OC(=O)N1CCC(=O)CC1.CC(C)(C)OC(=O)N1CCC2(CC1)CC2C(=O)O.CC1CC12CCN(C(=O)OC(C)(C)C)CC2.CC1CC12CCNCC2.COC(=O)C1CC12CCN(C(=O)OC(C)(C)C)CC2.COC(=O)C=C1CCN(C(=O)OC(C)(C)C)CC1.COC(=O)C=P(c1ccccc1)(c1ccccc1)c1ccccc1.CS(C)(C)(=O)I.Cl.[Li+].[OH-]. The molecule has 0 bridgehead atoms. The smallest absolute Gasteiger partial charge is 0.870 e. The fraction of sp³-hybridized carbons (Fsp3) is 0.674. The predicted octanol–water partition coefficient (Wildman–Crippen LogP) is 13.7. The van der Waals surface area contributed by atoms with Gasteiger partial charge in [0.15, 0.2) is 0 Å². The molecule has 0 radical (unpaired) electrons. The van der Waals surface area contributed by atoms with Crippen LogP contribution in [0.15, 0.2) is 103 Å². The number of esters is 3. The molecule has 10 aliphatic rings. The minimum Gasteiger partial charge on any atom is -0.870 e. The first-order valence-electron chi connectivity index (χ1n) is 43.9. The molecular formula is C95H150ClILiN6O21PS. The third-order valence-corrected chi connectivity index (χ3v) is 27.7. The fourth-order valence-corrected chi connectivity index (χ4v) is 19.9. The van der Waals surface area contributed by atoms with Crippen LogP contribution < -0.4 is 40.1 Å². The molecule has 6 heterocycles. The number of rotatable bonds is 7. The first-order valence-corrected chi connectivity index (χ1v) is 51.5. The summed E-state index contributed by atoms with van der Waals surface area (Å²) in [6.45, 7) is 39.4. The number of benzene rings is 3. The van der Waals surface area contributed by atoms with E-state index in [0.717, 1.165) is 103 Å². The van der Waals surface area contributed by atoms with Crippen molar-refractivity contribution in [2.45, 2.75) is 248 Å². The molecule has 3 aromatic carbocycles. The number of methoxy groups -OCH3 is 3. The molecule has 6 saturated heterocycles. The number of amides is 5. The molecule has 127 heavy (non-hydrogen) atoms. The normalized spacial score (nSPS) is 21.0. The largest absolute Gasteiger partial charge is 1.00 e. The van der Waals surface area contributed by atoms with Gasteiger partial charge in [0.2, 0.25) is 0 Å². The molecule has 0 aromatic heterocycles. The zero-order chi connectivity index (χ0) is 92.9. The summed E-state index contributed by atoms with van der Waals surface area (Å²) in [7, 11) is 4.22. The first kappa shape index (κ1) is 114. The van der Waals surface area contributed by atoms with Gasteiger partial charge < -0.3 is 78.3 Å². The zero-order valence-electron chi connectivity index (χ0n) is 80.5. The number of nitrogens with one attached hydrogen (secondary N) is 1. The number of carbonyl (C=O) groups excluding carboxylic acids is 9. The number of hydrogen-bond donors (Lipinski definition) is 2. The van der Waals surface area contributed by atoms with Crippen LogP contribution in [0, 0.1) is 45.3 Å². The number of halogens is 2. The Morgan fingerprint density at radius 1 is 0.433 bits per heavy atom. The summed E-state index contributed by atoms with van der Waals surface area (Å²) in [5.74, 6) is 2.31. The Labute approximate surface area is 787 Å². The summed E-state index contributed by atoms with van der Waals surface area (Å²) < 4.78 is 51.7. The van der Waals surface area contributed by atoms with Gasteiger partial charge in [0.05, 0.1) is 33.2 Å². The summed E-state index contributed by atoms with van der Waals surface area (Å²) in [5, 5.41) is 15.8. The summed E-state index contributed by atoms with van der Waals surface area (Å²) in [6.07, 6.45) is 18.7. The maximum atomic E-state index is 12.3. The number of aliphatic carboxylic acids is 1. The maximum Gasteiger partial charge on any atom is 1.00 e. The average Bonchev–Trinajstić information content (AvgIpc) is 1.69. The number of carboxylic acids is 1. The van der Waals surface area contributed by atoms with Crippen molar-refractivity contribution < 1.29 is 119 Å². The molecule has 4 spiro atoms.